The van der Waals surface area contributed by atoms with Gasteiger partial charge in [-0.25, -0.2) is 0 Å². The molecule has 0 spiro atoms. The molecule has 4 heteroatoms. The first kappa shape index (κ1) is 14.8. The number of ether oxygens (including phenoxy) is 1. The molecule has 2 rings (SSSR count). The predicted molar refractivity (Wildman–Crippen MR) is 83.0 cm³/mol. The van der Waals surface area contributed by atoms with E-state index in [9.17, 15) is 4.79 Å². The third-order valence-electron chi connectivity index (χ3n) is 2.92. The molecule has 2 N–H and O–H groups in total. The molecule has 0 heterocycles. The van der Waals surface area contributed by atoms with Crippen molar-refractivity contribution in [3.05, 3.63) is 65.7 Å². The average Bonchev–Trinajstić information content (AvgIpc) is 2.53. The van der Waals surface area contributed by atoms with Crippen LogP contribution in [0.15, 0.2) is 54.6 Å². The Morgan fingerprint density at radius 2 is 2.00 bits per heavy atom. The minimum absolute atomic E-state index is 0.0502. The monoisotopic (exact) mass is 283 g/mol. The Morgan fingerprint density at radius 1 is 1.24 bits per heavy atom. The van der Waals surface area contributed by atoms with E-state index in [0.29, 0.717) is 5.69 Å². The third-order valence-corrected chi connectivity index (χ3v) is 2.92. The van der Waals surface area contributed by atoms with Gasteiger partial charge in [0, 0.05) is 11.8 Å². The van der Waals surface area contributed by atoms with Crippen LogP contribution in [-0.2, 0) is 11.4 Å². The van der Waals surface area contributed by atoms with Crippen molar-refractivity contribution in [1.29, 1.82) is 0 Å². The third kappa shape index (κ3) is 4.47. The Bertz CT molecular complexity index is 633. The van der Waals surface area contributed by atoms with E-state index in [2.05, 4.69) is 5.32 Å². The Hall–Kier alpha value is -2.59. The Morgan fingerprint density at radius 3 is 2.67 bits per heavy atom. The second-order valence-corrected chi connectivity index (χ2v) is 4.45. The number of carbonyl (C=O) groups excluding carboxylic acids is 1. The molecule has 0 unspecified atom stereocenters. The maximum atomic E-state index is 11.8. The second-order valence-electron chi connectivity index (χ2n) is 4.45. The molecule has 0 radical (unpaired) electrons. The molecule has 2 aromatic carbocycles. The van der Waals surface area contributed by atoms with Crippen LogP contribution in [0.3, 0.4) is 0 Å². The van der Waals surface area contributed by atoms with Gasteiger partial charge in [0.1, 0.15) is 5.75 Å². The topological polar surface area (TPSA) is 58.6 Å². The van der Waals surface area contributed by atoms with E-state index >= 15 is 0 Å². The predicted octanol–water partition coefficient (Wildman–Crippen LogP) is 2.84. The minimum atomic E-state index is -0.221. The number of carbonyl (C=O) groups is 1. The number of nitrogens with one attached hydrogen (secondary N) is 1. The highest BCUT2D eigenvalue weighted by Gasteiger charge is 1.99. The van der Waals surface area contributed by atoms with Crippen LogP contribution in [0.4, 0.5) is 5.69 Å². The largest absolute Gasteiger partial charge is 0.497 e. The summed E-state index contributed by atoms with van der Waals surface area (Å²) in [5.74, 6) is 0.554. The highest BCUT2D eigenvalue weighted by molar-refractivity contribution is 6.01. The molecular weight excluding hydrogens is 266 g/mol. The van der Waals surface area contributed by atoms with E-state index < -0.39 is 0 Å². The summed E-state index contributed by atoms with van der Waals surface area (Å²) in [6, 6.07) is 14.5. The Kier molecular flexibility index (Phi) is 5.12. The molecule has 0 saturated carbocycles. The van der Waals surface area contributed by atoms with Gasteiger partial charge in [-0.2, -0.15) is 0 Å². The van der Waals surface area contributed by atoms with Crippen LogP contribution in [0.2, 0.25) is 0 Å². The fourth-order valence-corrected chi connectivity index (χ4v) is 1.82. The van der Waals surface area contributed by atoms with Crippen LogP contribution in [-0.4, -0.2) is 18.1 Å². The zero-order valence-electron chi connectivity index (χ0n) is 11.7. The average molecular weight is 283 g/mol. The van der Waals surface area contributed by atoms with Gasteiger partial charge < -0.3 is 15.2 Å². The van der Waals surface area contributed by atoms with Crippen LogP contribution in [0.1, 0.15) is 11.1 Å². The van der Waals surface area contributed by atoms with Gasteiger partial charge in [-0.1, -0.05) is 24.3 Å². The van der Waals surface area contributed by atoms with Gasteiger partial charge in [0.05, 0.1) is 13.7 Å². The van der Waals surface area contributed by atoms with Gasteiger partial charge in [-0.15, -0.1) is 0 Å². The van der Waals surface area contributed by atoms with Crippen molar-refractivity contribution < 1.29 is 14.6 Å². The summed E-state index contributed by atoms with van der Waals surface area (Å²) >= 11 is 0. The number of aliphatic hydroxyl groups is 1. The van der Waals surface area contributed by atoms with Gasteiger partial charge >= 0.3 is 0 Å². The van der Waals surface area contributed by atoms with Crippen molar-refractivity contribution in [2.75, 3.05) is 12.4 Å². The molecule has 4 nitrogen and oxygen atoms in total. The number of aliphatic hydroxyl groups excluding tert-OH is 1. The molecule has 1 amide bonds. The van der Waals surface area contributed by atoms with Gasteiger partial charge in [0.15, 0.2) is 0 Å². The lowest BCUT2D eigenvalue weighted by molar-refractivity contribution is -0.111. The van der Waals surface area contributed by atoms with Crippen molar-refractivity contribution in [3.8, 4) is 5.75 Å². The molecule has 0 saturated heterocycles. The highest BCUT2D eigenvalue weighted by Crippen LogP contribution is 2.13. The molecule has 0 aromatic heterocycles. The molecule has 2 aromatic rings. The molecule has 0 bridgehead atoms. The number of anilines is 1. The first-order chi connectivity index (χ1) is 10.2. The Balaban J connectivity index is 1.98. The number of benzene rings is 2. The summed E-state index contributed by atoms with van der Waals surface area (Å²) in [4.78, 5) is 11.8. The molecular formula is C17H17NO3. The number of amides is 1. The Labute approximate surface area is 123 Å². The van der Waals surface area contributed by atoms with E-state index in [-0.39, 0.29) is 12.5 Å². The highest BCUT2D eigenvalue weighted by atomic mass is 16.5. The van der Waals surface area contributed by atoms with E-state index in [4.69, 9.17) is 9.84 Å². The van der Waals surface area contributed by atoms with Crippen molar-refractivity contribution in [2.45, 2.75) is 6.61 Å². The van der Waals surface area contributed by atoms with Crippen LogP contribution in [0.5, 0.6) is 5.75 Å². The number of hydrogen-bond donors (Lipinski definition) is 2. The molecule has 21 heavy (non-hydrogen) atoms. The lowest BCUT2D eigenvalue weighted by Gasteiger charge is -2.04. The minimum Gasteiger partial charge on any atom is -0.497 e. The van der Waals surface area contributed by atoms with E-state index in [0.717, 1.165) is 16.9 Å². The van der Waals surface area contributed by atoms with E-state index in [1.165, 1.54) is 6.08 Å². The lowest BCUT2D eigenvalue weighted by Crippen LogP contribution is -2.07. The standard InChI is InChI=1S/C17H17NO3/c1-21-16-8-5-13(6-9-16)7-10-17(20)18-15-4-2-3-14(11-15)12-19/h2-11,19H,12H2,1H3,(H,18,20)/b10-7+. The van der Waals surface area contributed by atoms with Gasteiger partial charge in [-0.3, -0.25) is 4.79 Å². The smallest absolute Gasteiger partial charge is 0.248 e. The molecule has 0 aliphatic rings. The fourth-order valence-electron chi connectivity index (χ4n) is 1.82. The summed E-state index contributed by atoms with van der Waals surface area (Å²) in [6.07, 6.45) is 3.19. The first-order valence-electron chi connectivity index (χ1n) is 6.54. The van der Waals surface area contributed by atoms with Crippen LogP contribution in [0.25, 0.3) is 6.08 Å². The first-order valence-corrected chi connectivity index (χ1v) is 6.54. The lowest BCUT2D eigenvalue weighted by atomic mass is 10.2. The molecule has 108 valence electrons. The maximum absolute atomic E-state index is 11.8. The summed E-state index contributed by atoms with van der Waals surface area (Å²) in [5, 5.41) is 11.8. The van der Waals surface area contributed by atoms with Crippen molar-refractivity contribution in [1.82, 2.24) is 0 Å². The van der Waals surface area contributed by atoms with E-state index in [1.54, 1.807) is 37.5 Å². The molecule has 0 aliphatic carbocycles. The second kappa shape index (κ2) is 7.26. The zero-order valence-corrected chi connectivity index (χ0v) is 11.7. The zero-order chi connectivity index (χ0) is 15.1. The molecule has 0 aliphatic heterocycles. The summed E-state index contributed by atoms with van der Waals surface area (Å²) in [6.45, 7) is -0.0502. The van der Waals surface area contributed by atoms with Crippen LogP contribution in [0, 0.1) is 0 Å². The maximum Gasteiger partial charge on any atom is 0.248 e. The summed E-state index contributed by atoms with van der Waals surface area (Å²) < 4.78 is 5.07. The SMILES string of the molecule is COc1ccc(/C=C/C(=O)Nc2cccc(CO)c2)cc1. The van der Waals surface area contributed by atoms with E-state index in [1.807, 2.05) is 24.3 Å². The van der Waals surface area contributed by atoms with Crippen LogP contribution >= 0.6 is 0 Å². The van der Waals surface area contributed by atoms with Crippen LogP contribution < -0.4 is 10.1 Å². The van der Waals surface area contributed by atoms with Gasteiger partial charge in [-0.05, 0) is 41.5 Å². The quantitative estimate of drug-likeness (QED) is 0.830. The molecule has 0 fully saturated rings. The number of rotatable bonds is 5. The fraction of sp³-hybridized carbons (Fsp3) is 0.118. The van der Waals surface area contributed by atoms with Gasteiger partial charge in [0.2, 0.25) is 5.91 Å². The van der Waals surface area contributed by atoms with Crippen molar-refractivity contribution >= 4 is 17.7 Å². The van der Waals surface area contributed by atoms with Gasteiger partial charge in [0.25, 0.3) is 0 Å². The number of methoxy groups -OCH3 is 1. The summed E-state index contributed by atoms with van der Waals surface area (Å²) in [5.41, 5.74) is 2.33. The number of hydrogen-bond acceptors (Lipinski definition) is 3. The summed E-state index contributed by atoms with van der Waals surface area (Å²) in [7, 11) is 1.61. The normalized spacial score (nSPS) is 10.6. The molecule has 0 atom stereocenters. The van der Waals surface area contributed by atoms with Crippen molar-refractivity contribution in [3.63, 3.8) is 0 Å². The van der Waals surface area contributed by atoms with Crippen molar-refractivity contribution in [2.24, 2.45) is 0 Å².